The lowest BCUT2D eigenvalue weighted by Crippen LogP contribution is -2.82. The Morgan fingerprint density at radius 2 is 1.85 bits per heavy atom. The average Bonchev–Trinajstić information content (AvgIpc) is 2.83. The van der Waals surface area contributed by atoms with Gasteiger partial charge in [0, 0.05) is 9.77 Å². The Morgan fingerprint density at radius 3 is 2.37 bits per heavy atom. The number of hydrogen-bond acceptors (Lipinski definition) is 5. The van der Waals surface area contributed by atoms with Crippen LogP contribution in [-0.2, 0) is 25.6 Å². The minimum absolute atomic E-state index is 0.0252. The highest BCUT2D eigenvalue weighted by Crippen LogP contribution is 2.55. The van der Waals surface area contributed by atoms with E-state index < -0.39 is 45.3 Å². The van der Waals surface area contributed by atoms with E-state index >= 15 is 0 Å². The molecule has 3 atom stereocenters. The number of amides is 2. The minimum Gasteiger partial charge on any atom is -0.480 e. The van der Waals surface area contributed by atoms with Crippen molar-refractivity contribution < 1.29 is 24.3 Å². The summed E-state index contributed by atoms with van der Waals surface area (Å²) < 4.78 is -0.787. The molecule has 2 amide bonds. The van der Waals surface area contributed by atoms with Crippen molar-refractivity contribution in [3.05, 3.63) is 34.9 Å². The summed E-state index contributed by atoms with van der Waals surface area (Å²) in [5.74, 6) is -2.80. The van der Waals surface area contributed by atoms with E-state index in [1.165, 1.54) is 23.6 Å². The van der Waals surface area contributed by atoms with Crippen molar-refractivity contribution in [2.24, 2.45) is 0 Å². The highest BCUT2D eigenvalue weighted by molar-refractivity contribution is 8.01. The van der Waals surface area contributed by atoms with Crippen molar-refractivity contribution >= 4 is 46.9 Å². The van der Waals surface area contributed by atoms with Gasteiger partial charge >= 0.3 is 5.97 Å². The van der Waals surface area contributed by atoms with E-state index in [1.807, 2.05) is 0 Å². The third-order valence-electron chi connectivity index (χ3n) is 4.95. The van der Waals surface area contributed by atoms with Crippen LogP contribution in [0.1, 0.15) is 26.3 Å². The van der Waals surface area contributed by atoms with Crippen molar-refractivity contribution in [1.29, 1.82) is 0 Å². The van der Waals surface area contributed by atoms with Crippen molar-refractivity contribution in [3.63, 3.8) is 0 Å². The third-order valence-corrected chi connectivity index (χ3v) is 6.84. The molecule has 2 fully saturated rings. The first-order chi connectivity index (χ1) is 12.5. The molecule has 0 radical (unpaired) electrons. The maximum absolute atomic E-state index is 12.8. The molecule has 0 spiro atoms. The molecular formula is C18H19ClN2O5S. The Hall–Kier alpha value is -2.06. The second-order valence-electron chi connectivity index (χ2n) is 7.24. The van der Waals surface area contributed by atoms with Gasteiger partial charge in [-0.3, -0.25) is 14.4 Å². The summed E-state index contributed by atoms with van der Waals surface area (Å²) >= 11 is 7.04. The smallest absolute Gasteiger partial charge is 0.327 e. The number of carbonyl (C=O) groups excluding carboxylic acids is 3. The number of carboxylic acid groups (broad SMARTS) is 1. The van der Waals surface area contributed by atoms with E-state index in [0.29, 0.717) is 10.6 Å². The van der Waals surface area contributed by atoms with Gasteiger partial charge in [-0.2, -0.15) is 0 Å². The Kier molecular flexibility index (Phi) is 4.76. The van der Waals surface area contributed by atoms with Crippen LogP contribution in [0.15, 0.2) is 24.3 Å². The number of thioether (sulfide) groups is 1. The van der Waals surface area contributed by atoms with Crippen LogP contribution in [0.4, 0.5) is 0 Å². The molecule has 2 saturated heterocycles. The number of carbonyl (C=O) groups is 4. The number of ketones is 1. The summed E-state index contributed by atoms with van der Waals surface area (Å²) in [7, 11) is 0. The van der Waals surface area contributed by atoms with Crippen LogP contribution < -0.4 is 5.32 Å². The maximum Gasteiger partial charge on any atom is 0.327 e. The van der Waals surface area contributed by atoms with Gasteiger partial charge in [-0.15, -0.1) is 11.8 Å². The SMILES string of the molecule is CC(=O)[C@]1(NC(=O)Cc2ccc(Cl)cc2)C(=O)N2[C@@H](C(=O)O)C(C)(C)S[C@@H]21. The van der Waals surface area contributed by atoms with Crippen LogP contribution in [-0.4, -0.2) is 55.3 Å². The molecule has 2 aliphatic heterocycles. The molecule has 0 aromatic heterocycles. The number of nitrogens with one attached hydrogen (secondary N) is 1. The molecule has 1 aromatic carbocycles. The molecular weight excluding hydrogens is 392 g/mol. The number of benzene rings is 1. The highest BCUT2D eigenvalue weighted by atomic mass is 35.5. The lowest BCUT2D eigenvalue weighted by Gasteiger charge is -2.51. The van der Waals surface area contributed by atoms with Crippen LogP contribution in [0.25, 0.3) is 0 Å². The summed E-state index contributed by atoms with van der Waals surface area (Å²) in [6.45, 7) is 4.66. The number of hydrogen-bond donors (Lipinski definition) is 2. The van der Waals surface area contributed by atoms with Crippen molar-refractivity contribution in [2.45, 2.75) is 48.9 Å². The van der Waals surface area contributed by atoms with Crippen molar-refractivity contribution in [1.82, 2.24) is 10.2 Å². The van der Waals surface area contributed by atoms with E-state index in [1.54, 1.807) is 38.1 Å². The quantitative estimate of drug-likeness (QED) is 0.562. The molecule has 3 rings (SSSR count). The lowest BCUT2D eigenvalue weighted by molar-refractivity contribution is -0.172. The monoisotopic (exact) mass is 410 g/mol. The molecule has 7 nitrogen and oxygen atoms in total. The fourth-order valence-electron chi connectivity index (χ4n) is 3.64. The molecule has 0 unspecified atom stereocenters. The number of β-lactam (4-membered cyclic amide) rings is 1. The molecule has 144 valence electrons. The molecule has 9 heteroatoms. The molecule has 0 aliphatic carbocycles. The van der Waals surface area contributed by atoms with Crippen LogP contribution in [0.2, 0.25) is 5.02 Å². The maximum atomic E-state index is 12.8. The number of fused-ring (bicyclic) bond motifs is 1. The summed E-state index contributed by atoms with van der Waals surface area (Å²) in [6, 6.07) is 5.61. The number of halogens is 1. The second kappa shape index (κ2) is 6.53. The van der Waals surface area contributed by atoms with Gasteiger partial charge in [-0.1, -0.05) is 23.7 Å². The molecule has 0 bridgehead atoms. The predicted octanol–water partition coefficient (Wildman–Crippen LogP) is 1.47. The van der Waals surface area contributed by atoms with Crippen LogP contribution >= 0.6 is 23.4 Å². The van der Waals surface area contributed by atoms with Crippen molar-refractivity contribution in [3.8, 4) is 0 Å². The zero-order valence-corrected chi connectivity index (χ0v) is 16.6. The normalized spacial score (nSPS) is 28.3. The van der Waals surface area contributed by atoms with E-state index in [9.17, 15) is 24.3 Å². The Labute approximate surface area is 165 Å². The fourth-order valence-corrected chi connectivity index (χ4v) is 5.52. The molecule has 2 aliphatic rings. The van der Waals surface area contributed by atoms with Crippen molar-refractivity contribution in [2.75, 3.05) is 0 Å². The number of rotatable bonds is 5. The van der Waals surface area contributed by atoms with E-state index in [4.69, 9.17) is 11.6 Å². The number of Topliss-reactive ketones (excluding diaryl/α,β-unsaturated/α-hetero) is 1. The Bertz CT molecular complexity index is 841. The number of aliphatic carboxylic acids is 1. The molecule has 1 aromatic rings. The fraction of sp³-hybridized carbons (Fsp3) is 0.444. The molecule has 2 heterocycles. The van der Waals surface area contributed by atoms with Crippen LogP contribution in [0, 0.1) is 0 Å². The first-order valence-electron chi connectivity index (χ1n) is 8.30. The van der Waals surface area contributed by atoms with Gasteiger partial charge in [-0.05, 0) is 38.5 Å². The van der Waals surface area contributed by atoms with Gasteiger partial charge in [0.2, 0.25) is 11.4 Å². The Balaban J connectivity index is 1.85. The summed E-state index contributed by atoms with van der Waals surface area (Å²) in [6.07, 6.45) is -0.0252. The van der Waals surface area contributed by atoms with Gasteiger partial charge < -0.3 is 15.3 Å². The van der Waals surface area contributed by atoms with E-state index in [2.05, 4.69) is 5.32 Å². The largest absolute Gasteiger partial charge is 0.480 e. The van der Waals surface area contributed by atoms with Gasteiger partial charge in [0.25, 0.3) is 5.91 Å². The first-order valence-corrected chi connectivity index (χ1v) is 9.56. The first kappa shape index (κ1) is 19.7. The van der Waals surface area contributed by atoms with Crippen LogP contribution in [0.3, 0.4) is 0 Å². The van der Waals surface area contributed by atoms with E-state index in [0.717, 1.165) is 0 Å². The van der Waals surface area contributed by atoms with Gasteiger partial charge in [-0.25, -0.2) is 4.79 Å². The summed E-state index contributed by atoms with van der Waals surface area (Å²) in [5.41, 5.74) is -1.04. The third kappa shape index (κ3) is 3.00. The molecule has 2 N–H and O–H groups in total. The van der Waals surface area contributed by atoms with Crippen LogP contribution in [0.5, 0.6) is 0 Å². The van der Waals surface area contributed by atoms with Gasteiger partial charge in [0.15, 0.2) is 5.78 Å². The Morgan fingerprint density at radius 1 is 1.26 bits per heavy atom. The number of nitrogens with zero attached hydrogens (tertiary/aromatic N) is 1. The van der Waals surface area contributed by atoms with E-state index in [-0.39, 0.29) is 6.42 Å². The predicted molar refractivity (Wildman–Crippen MR) is 100 cm³/mol. The van der Waals surface area contributed by atoms with Gasteiger partial charge in [0.05, 0.1) is 6.42 Å². The molecule has 27 heavy (non-hydrogen) atoms. The zero-order chi connectivity index (χ0) is 20.1. The lowest BCUT2D eigenvalue weighted by atomic mass is 9.81. The second-order valence-corrected chi connectivity index (χ2v) is 9.41. The van der Waals surface area contributed by atoms with Gasteiger partial charge in [0.1, 0.15) is 11.4 Å². The molecule has 0 saturated carbocycles. The summed E-state index contributed by atoms with van der Waals surface area (Å²) in [5, 5.41) is 11.9. The average molecular weight is 411 g/mol. The minimum atomic E-state index is -1.73. The zero-order valence-electron chi connectivity index (χ0n) is 15.0. The highest BCUT2D eigenvalue weighted by Gasteiger charge is 2.74. The standard InChI is InChI=1S/C18H19ClN2O5S/c1-9(22)18(20-12(23)8-10-4-6-11(19)7-5-10)15(26)21-13(14(24)25)17(2,3)27-16(18)21/h4-7,13,16H,8H2,1-3H3,(H,20,23)(H,24,25)/t13-,16+,18-/m0/s1. The topological polar surface area (TPSA) is 104 Å². The summed E-state index contributed by atoms with van der Waals surface area (Å²) in [4.78, 5) is 50.6. The number of carboxylic acids is 1.